The molecule has 0 bridgehead atoms. The van der Waals surface area contributed by atoms with Crippen molar-refractivity contribution in [3.05, 3.63) is 30.4 Å². The molecule has 1 N–H and O–H groups in total. The molecule has 0 radical (unpaired) electrons. The molecule has 1 aromatic carbocycles. The SMILES string of the molecule is C=CC(=O)C(O)c1c(OC)ccc(OC)c1OCOC. The third-order valence-electron chi connectivity index (χ3n) is 2.63. The maximum atomic E-state index is 11.7. The fourth-order valence-corrected chi connectivity index (χ4v) is 1.68. The quantitative estimate of drug-likeness (QED) is 0.575. The van der Waals surface area contributed by atoms with Crippen LogP contribution in [-0.2, 0) is 9.53 Å². The van der Waals surface area contributed by atoms with Crippen LogP contribution >= 0.6 is 0 Å². The number of ketones is 1. The lowest BCUT2D eigenvalue weighted by molar-refractivity contribution is -0.122. The Labute approximate surface area is 117 Å². The van der Waals surface area contributed by atoms with E-state index in [0.717, 1.165) is 6.08 Å². The summed E-state index contributed by atoms with van der Waals surface area (Å²) in [5.41, 5.74) is 0.175. The Morgan fingerprint density at radius 1 is 1.30 bits per heavy atom. The van der Waals surface area contributed by atoms with Gasteiger partial charge < -0.3 is 24.1 Å². The van der Waals surface area contributed by atoms with Crippen LogP contribution in [0, 0.1) is 0 Å². The summed E-state index contributed by atoms with van der Waals surface area (Å²) in [5, 5.41) is 10.1. The molecule has 0 aliphatic heterocycles. The Balaban J connectivity index is 3.40. The van der Waals surface area contributed by atoms with Crippen molar-refractivity contribution in [1.29, 1.82) is 0 Å². The maximum absolute atomic E-state index is 11.7. The monoisotopic (exact) mass is 282 g/mol. The van der Waals surface area contributed by atoms with E-state index in [1.54, 1.807) is 12.1 Å². The number of ether oxygens (including phenoxy) is 4. The highest BCUT2D eigenvalue weighted by molar-refractivity contribution is 5.94. The van der Waals surface area contributed by atoms with E-state index in [9.17, 15) is 9.90 Å². The fourth-order valence-electron chi connectivity index (χ4n) is 1.68. The molecule has 0 aliphatic carbocycles. The number of carbonyl (C=O) groups excluding carboxylic acids is 1. The molecular weight excluding hydrogens is 264 g/mol. The molecule has 1 unspecified atom stereocenters. The molecule has 0 saturated carbocycles. The van der Waals surface area contributed by atoms with Gasteiger partial charge in [0.15, 0.2) is 24.1 Å². The topological polar surface area (TPSA) is 74.2 Å². The number of carbonyl (C=O) groups is 1. The van der Waals surface area contributed by atoms with Crippen molar-refractivity contribution in [2.24, 2.45) is 0 Å². The van der Waals surface area contributed by atoms with E-state index in [-0.39, 0.29) is 18.1 Å². The fraction of sp³-hybridized carbons (Fsp3) is 0.357. The number of aliphatic hydroxyl groups excluding tert-OH is 1. The van der Waals surface area contributed by atoms with Crippen molar-refractivity contribution < 1.29 is 28.8 Å². The van der Waals surface area contributed by atoms with E-state index in [4.69, 9.17) is 18.9 Å². The van der Waals surface area contributed by atoms with Crippen molar-refractivity contribution in [2.75, 3.05) is 28.1 Å². The first kappa shape index (κ1) is 16.0. The van der Waals surface area contributed by atoms with Gasteiger partial charge in [0, 0.05) is 7.11 Å². The van der Waals surface area contributed by atoms with Crippen LogP contribution in [0.3, 0.4) is 0 Å². The first-order valence-corrected chi connectivity index (χ1v) is 5.81. The second kappa shape index (κ2) is 7.52. The zero-order chi connectivity index (χ0) is 15.1. The number of hydrogen-bond donors (Lipinski definition) is 1. The molecule has 0 heterocycles. The number of rotatable bonds is 8. The van der Waals surface area contributed by atoms with Crippen LogP contribution in [0.25, 0.3) is 0 Å². The molecule has 20 heavy (non-hydrogen) atoms. The third kappa shape index (κ3) is 3.28. The largest absolute Gasteiger partial charge is 0.496 e. The van der Waals surface area contributed by atoms with Gasteiger partial charge in [-0.15, -0.1) is 0 Å². The highest BCUT2D eigenvalue weighted by Gasteiger charge is 2.26. The summed E-state index contributed by atoms with van der Waals surface area (Å²) < 4.78 is 20.5. The van der Waals surface area contributed by atoms with Crippen molar-refractivity contribution in [2.45, 2.75) is 6.10 Å². The molecule has 1 aromatic rings. The summed E-state index contributed by atoms with van der Waals surface area (Å²) in [7, 11) is 4.33. The van der Waals surface area contributed by atoms with E-state index in [1.165, 1.54) is 21.3 Å². The summed E-state index contributed by atoms with van der Waals surface area (Å²) in [5.74, 6) is 0.281. The predicted molar refractivity (Wildman–Crippen MR) is 72.2 cm³/mol. The van der Waals surface area contributed by atoms with E-state index >= 15 is 0 Å². The Morgan fingerprint density at radius 3 is 2.40 bits per heavy atom. The lowest BCUT2D eigenvalue weighted by atomic mass is 10.0. The number of benzene rings is 1. The van der Waals surface area contributed by atoms with Crippen molar-refractivity contribution in [1.82, 2.24) is 0 Å². The van der Waals surface area contributed by atoms with E-state index < -0.39 is 11.9 Å². The summed E-state index contributed by atoms with van der Waals surface area (Å²) in [6, 6.07) is 3.19. The minimum atomic E-state index is -1.45. The molecule has 1 atom stereocenters. The second-order valence-electron chi connectivity index (χ2n) is 3.77. The molecule has 0 saturated heterocycles. The Hall–Kier alpha value is -2.05. The average molecular weight is 282 g/mol. The summed E-state index contributed by atoms with van der Waals surface area (Å²) in [6.45, 7) is 3.29. The maximum Gasteiger partial charge on any atom is 0.188 e. The van der Waals surface area contributed by atoms with Gasteiger partial charge in [-0.25, -0.2) is 0 Å². The molecule has 1 rings (SSSR count). The lowest BCUT2D eigenvalue weighted by Gasteiger charge is -2.19. The predicted octanol–water partition coefficient (Wildman–Crippen LogP) is 1.47. The normalized spacial score (nSPS) is 11.6. The van der Waals surface area contributed by atoms with Gasteiger partial charge in [-0.3, -0.25) is 4.79 Å². The van der Waals surface area contributed by atoms with Gasteiger partial charge in [-0.2, -0.15) is 0 Å². The molecule has 0 aromatic heterocycles. The Morgan fingerprint density at radius 2 is 1.90 bits per heavy atom. The number of aliphatic hydroxyl groups is 1. The van der Waals surface area contributed by atoms with Gasteiger partial charge in [0.1, 0.15) is 11.9 Å². The minimum Gasteiger partial charge on any atom is -0.496 e. The molecule has 0 spiro atoms. The average Bonchev–Trinajstić information content (AvgIpc) is 2.50. The summed E-state index contributed by atoms with van der Waals surface area (Å²) >= 11 is 0. The van der Waals surface area contributed by atoms with Crippen LogP contribution in [-0.4, -0.2) is 39.0 Å². The van der Waals surface area contributed by atoms with Crippen LogP contribution < -0.4 is 14.2 Å². The third-order valence-corrected chi connectivity index (χ3v) is 2.63. The summed E-state index contributed by atoms with van der Waals surface area (Å²) in [6.07, 6.45) is -0.423. The van der Waals surface area contributed by atoms with Gasteiger partial charge in [-0.1, -0.05) is 6.58 Å². The molecule has 0 fully saturated rings. The van der Waals surface area contributed by atoms with Gasteiger partial charge in [0.2, 0.25) is 0 Å². The zero-order valence-corrected chi connectivity index (χ0v) is 11.7. The van der Waals surface area contributed by atoms with Crippen LogP contribution in [0.1, 0.15) is 11.7 Å². The van der Waals surface area contributed by atoms with E-state index in [1.807, 2.05) is 0 Å². The molecule has 110 valence electrons. The molecule has 6 nitrogen and oxygen atoms in total. The van der Waals surface area contributed by atoms with E-state index in [2.05, 4.69) is 6.58 Å². The smallest absolute Gasteiger partial charge is 0.188 e. The van der Waals surface area contributed by atoms with Crippen molar-refractivity contribution in [3.8, 4) is 17.2 Å². The van der Waals surface area contributed by atoms with Crippen LogP contribution in [0.2, 0.25) is 0 Å². The van der Waals surface area contributed by atoms with Crippen LogP contribution in [0.15, 0.2) is 24.8 Å². The zero-order valence-electron chi connectivity index (χ0n) is 11.7. The highest BCUT2D eigenvalue weighted by Crippen LogP contribution is 2.41. The van der Waals surface area contributed by atoms with Crippen molar-refractivity contribution in [3.63, 3.8) is 0 Å². The number of hydrogen-bond acceptors (Lipinski definition) is 6. The molecule has 0 amide bonds. The van der Waals surface area contributed by atoms with Crippen LogP contribution in [0.4, 0.5) is 0 Å². The summed E-state index contributed by atoms with van der Waals surface area (Å²) in [4.78, 5) is 11.7. The first-order valence-electron chi connectivity index (χ1n) is 5.81. The molecular formula is C14H18O6. The molecule has 0 aliphatic rings. The highest BCUT2D eigenvalue weighted by atomic mass is 16.7. The van der Waals surface area contributed by atoms with Crippen molar-refractivity contribution >= 4 is 5.78 Å². The van der Waals surface area contributed by atoms with Gasteiger partial charge in [0.25, 0.3) is 0 Å². The lowest BCUT2D eigenvalue weighted by Crippen LogP contribution is -2.14. The Bertz CT molecular complexity index is 483. The standard InChI is InChI=1S/C14H18O6/c1-5-9(15)13(16)12-10(18-3)6-7-11(19-4)14(12)20-8-17-2/h5-7,13,16H,1,8H2,2-4H3. The Kier molecular flexibility index (Phi) is 6.02. The first-order chi connectivity index (χ1) is 9.60. The molecule has 6 heteroatoms. The minimum absolute atomic E-state index is 0.0640. The van der Waals surface area contributed by atoms with E-state index in [0.29, 0.717) is 11.5 Å². The van der Waals surface area contributed by atoms with Crippen LogP contribution in [0.5, 0.6) is 17.2 Å². The van der Waals surface area contributed by atoms with Gasteiger partial charge in [0.05, 0.1) is 19.8 Å². The van der Waals surface area contributed by atoms with Gasteiger partial charge in [-0.05, 0) is 18.2 Å². The second-order valence-corrected chi connectivity index (χ2v) is 3.77. The number of methoxy groups -OCH3 is 3. The van der Waals surface area contributed by atoms with Gasteiger partial charge >= 0.3 is 0 Å².